The van der Waals surface area contributed by atoms with Crippen LogP contribution in [0.25, 0.3) is 11.3 Å². The third-order valence-corrected chi connectivity index (χ3v) is 4.06. The topological polar surface area (TPSA) is 64.2 Å². The second-order valence-corrected chi connectivity index (χ2v) is 5.78. The summed E-state index contributed by atoms with van der Waals surface area (Å²) < 4.78 is 1.92. The van der Waals surface area contributed by atoms with Crippen molar-refractivity contribution in [2.75, 3.05) is 4.90 Å². The average Bonchev–Trinajstić information content (AvgIpc) is 2.84. The number of nitrogens with two attached hydrogens (primary N) is 1. The van der Waals surface area contributed by atoms with Crippen molar-refractivity contribution in [3.63, 3.8) is 0 Å². The Morgan fingerprint density at radius 3 is 2.81 bits per heavy atom. The van der Waals surface area contributed by atoms with Gasteiger partial charge in [-0.1, -0.05) is 6.07 Å². The molecule has 0 unspecified atom stereocenters. The molecule has 0 saturated heterocycles. The summed E-state index contributed by atoms with van der Waals surface area (Å²) >= 11 is 0. The number of aryl methyl sites for hydroxylation is 1. The summed E-state index contributed by atoms with van der Waals surface area (Å²) in [7, 11) is 1.94. The highest BCUT2D eigenvalue weighted by Gasteiger charge is 2.30. The van der Waals surface area contributed by atoms with Crippen LogP contribution in [-0.2, 0) is 11.8 Å². The number of carbonyl (C=O) groups excluding carboxylic acids is 1. The van der Waals surface area contributed by atoms with Crippen molar-refractivity contribution in [3.05, 3.63) is 36.3 Å². The molecular formula is C16H20N4O. The van der Waals surface area contributed by atoms with E-state index in [4.69, 9.17) is 5.73 Å². The SMILES string of the molecule is CC(=O)N1c2ccc(-c3cn(C)cn3)cc2[C@H](N)C[C@@H]1C. The molecule has 0 spiro atoms. The molecule has 21 heavy (non-hydrogen) atoms. The van der Waals surface area contributed by atoms with Crippen LogP contribution in [0.1, 0.15) is 31.9 Å². The minimum absolute atomic E-state index is 0.0470. The molecule has 2 aromatic rings. The maximum atomic E-state index is 11.9. The van der Waals surface area contributed by atoms with Gasteiger partial charge in [0.2, 0.25) is 5.91 Å². The lowest BCUT2D eigenvalue weighted by molar-refractivity contribution is -0.117. The first-order valence-electron chi connectivity index (χ1n) is 7.15. The monoisotopic (exact) mass is 284 g/mol. The van der Waals surface area contributed by atoms with E-state index in [1.54, 1.807) is 13.3 Å². The van der Waals surface area contributed by atoms with Crippen molar-refractivity contribution in [1.29, 1.82) is 0 Å². The molecule has 110 valence electrons. The molecule has 0 aliphatic carbocycles. The molecule has 5 nitrogen and oxygen atoms in total. The molecule has 5 heteroatoms. The first-order chi connectivity index (χ1) is 9.97. The van der Waals surface area contributed by atoms with E-state index in [0.717, 1.165) is 28.9 Å². The molecule has 1 aliphatic rings. The number of rotatable bonds is 1. The lowest BCUT2D eigenvalue weighted by atomic mass is 9.90. The summed E-state index contributed by atoms with van der Waals surface area (Å²) in [5.41, 5.74) is 10.2. The van der Waals surface area contributed by atoms with Crippen LogP contribution in [0.4, 0.5) is 5.69 Å². The van der Waals surface area contributed by atoms with E-state index in [1.165, 1.54) is 0 Å². The van der Waals surface area contributed by atoms with Gasteiger partial charge in [-0.05, 0) is 31.0 Å². The Morgan fingerprint density at radius 2 is 2.19 bits per heavy atom. The summed E-state index contributed by atoms with van der Waals surface area (Å²) in [6, 6.07) is 6.13. The summed E-state index contributed by atoms with van der Waals surface area (Å²) in [6.07, 6.45) is 4.53. The molecule has 2 N–H and O–H groups in total. The highest BCUT2D eigenvalue weighted by molar-refractivity contribution is 5.94. The van der Waals surface area contributed by atoms with E-state index in [-0.39, 0.29) is 18.0 Å². The number of nitrogens with zero attached hydrogens (tertiary/aromatic N) is 3. The van der Waals surface area contributed by atoms with Gasteiger partial charge in [0.25, 0.3) is 0 Å². The predicted molar refractivity (Wildman–Crippen MR) is 82.8 cm³/mol. The minimum Gasteiger partial charge on any atom is -0.340 e. The van der Waals surface area contributed by atoms with Gasteiger partial charge in [-0.15, -0.1) is 0 Å². The number of aromatic nitrogens is 2. The lowest BCUT2D eigenvalue weighted by Gasteiger charge is -2.37. The van der Waals surface area contributed by atoms with Gasteiger partial charge in [0.05, 0.1) is 12.0 Å². The summed E-state index contributed by atoms with van der Waals surface area (Å²) in [5.74, 6) is 0.0567. The van der Waals surface area contributed by atoms with Gasteiger partial charge in [-0.2, -0.15) is 0 Å². The third kappa shape index (κ3) is 2.34. The number of amides is 1. The first-order valence-corrected chi connectivity index (χ1v) is 7.15. The maximum absolute atomic E-state index is 11.9. The molecule has 0 radical (unpaired) electrons. The molecule has 0 saturated carbocycles. The second-order valence-electron chi connectivity index (χ2n) is 5.78. The van der Waals surface area contributed by atoms with Crippen LogP contribution in [0.2, 0.25) is 0 Å². The number of benzene rings is 1. The Hall–Kier alpha value is -2.14. The van der Waals surface area contributed by atoms with Crippen molar-refractivity contribution < 1.29 is 4.79 Å². The Balaban J connectivity index is 2.09. The molecule has 0 fully saturated rings. The van der Waals surface area contributed by atoms with Crippen molar-refractivity contribution in [3.8, 4) is 11.3 Å². The largest absolute Gasteiger partial charge is 0.340 e. The molecular weight excluding hydrogens is 264 g/mol. The minimum atomic E-state index is -0.0470. The van der Waals surface area contributed by atoms with E-state index in [9.17, 15) is 4.79 Å². The number of hydrogen-bond donors (Lipinski definition) is 1. The van der Waals surface area contributed by atoms with Gasteiger partial charge >= 0.3 is 0 Å². The van der Waals surface area contributed by atoms with Crippen molar-refractivity contribution in [2.45, 2.75) is 32.4 Å². The van der Waals surface area contributed by atoms with E-state index in [0.29, 0.717) is 0 Å². The van der Waals surface area contributed by atoms with E-state index in [2.05, 4.69) is 11.1 Å². The summed E-state index contributed by atoms with van der Waals surface area (Å²) in [6.45, 7) is 3.64. The van der Waals surface area contributed by atoms with E-state index >= 15 is 0 Å². The zero-order valence-electron chi connectivity index (χ0n) is 12.6. The highest BCUT2D eigenvalue weighted by Crippen LogP contribution is 2.38. The molecule has 2 heterocycles. The Bertz CT molecular complexity index is 691. The summed E-state index contributed by atoms with van der Waals surface area (Å²) in [4.78, 5) is 18.1. The molecule has 1 amide bonds. The molecule has 3 rings (SSSR count). The highest BCUT2D eigenvalue weighted by atomic mass is 16.2. The zero-order chi connectivity index (χ0) is 15.1. The van der Waals surface area contributed by atoms with Crippen LogP contribution in [0, 0.1) is 0 Å². The fraction of sp³-hybridized carbons (Fsp3) is 0.375. The van der Waals surface area contributed by atoms with Gasteiger partial charge < -0.3 is 15.2 Å². The number of fused-ring (bicyclic) bond motifs is 1. The first kappa shape index (κ1) is 13.8. The van der Waals surface area contributed by atoms with Crippen molar-refractivity contribution in [2.24, 2.45) is 12.8 Å². The maximum Gasteiger partial charge on any atom is 0.224 e. The van der Waals surface area contributed by atoms with Crippen LogP contribution in [0.3, 0.4) is 0 Å². The fourth-order valence-electron chi connectivity index (χ4n) is 3.11. The lowest BCUT2D eigenvalue weighted by Crippen LogP contribution is -2.43. The predicted octanol–water partition coefficient (Wildman–Crippen LogP) is 2.23. The molecule has 2 atom stereocenters. The Morgan fingerprint density at radius 1 is 1.43 bits per heavy atom. The van der Waals surface area contributed by atoms with Crippen molar-refractivity contribution >= 4 is 11.6 Å². The fourth-order valence-corrected chi connectivity index (χ4v) is 3.11. The van der Waals surface area contributed by atoms with Crippen LogP contribution in [-0.4, -0.2) is 21.5 Å². The van der Waals surface area contributed by atoms with Gasteiger partial charge in [0.1, 0.15) is 0 Å². The van der Waals surface area contributed by atoms with Crippen LogP contribution in [0.15, 0.2) is 30.7 Å². The number of imidazole rings is 1. The molecule has 1 aromatic carbocycles. The van der Waals surface area contributed by atoms with E-state index in [1.807, 2.05) is 41.8 Å². The van der Waals surface area contributed by atoms with Crippen LogP contribution >= 0.6 is 0 Å². The molecule has 1 aliphatic heterocycles. The Labute approximate surface area is 124 Å². The standard InChI is InChI=1S/C16H20N4O/c1-10-6-14(17)13-7-12(15-8-19(3)9-18-15)4-5-16(13)20(10)11(2)21/h4-5,7-10,14H,6,17H2,1-3H3/t10-,14+/m0/s1. The quantitative estimate of drug-likeness (QED) is 0.873. The second kappa shape index (κ2) is 5.00. The molecule has 0 bridgehead atoms. The normalized spacial score (nSPS) is 21.2. The Kier molecular flexibility index (Phi) is 3.29. The average molecular weight is 284 g/mol. The third-order valence-electron chi connectivity index (χ3n) is 4.06. The van der Waals surface area contributed by atoms with Crippen LogP contribution in [0.5, 0.6) is 0 Å². The van der Waals surface area contributed by atoms with Gasteiger partial charge in [-0.25, -0.2) is 4.98 Å². The van der Waals surface area contributed by atoms with Gasteiger partial charge in [0.15, 0.2) is 0 Å². The smallest absolute Gasteiger partial charge is 0.224 e. The van der Waals surface area contributed by atoms with Gasteiger partial charge in [-0.3, -0.25) is 4.79 Å². The zero-order valence-corrected chi connectivity index (χ0v) is 12.6. The number of hydrogen-bond acceptors (Lipinski definition) is 3. The number of carbonyl (C=O) groups is 1. The van der Waals surface area contributed by atoms with Crippen LogP contribution < -0.4 is 10.6 Å². The summed E-state index contributed by atoms with van der Waals surface area (Å²) in [5, 5.41) is 0. The van der Waals surface area contributed by atoms with Gasteiger partial charge in [0, 0.05) is 43.5 Å². The number of anilines is 1. The van der Waals surface area contributed by atoms with Crippen molar-refractivity contribution in [1.82, 2.24) is 9.55 Å². The molecule has 1 aromatic heterocycles. The van der Waals surface area contributed by atoms with E-state index < -0.39 is 0 Å².